The van der Waals surface area contributed by atoms with Crippen LogP contribution in [0.2, 0.25) is 0 Å². The molecule has 2 amide bonds. The molecule has 1 heterocycles. The molecule has 5 heteroatoms. The standard InChI is InChI=1S/C26H34N2O3/c1-27(20-23-7-4-3-5-8-23)25(29)13-11-21-15-17-28(18-16-21)26(30)14-12-22-9-6-10-24(19-22)31-2/h3-10,19,21H,11-18,20H2,1-2H3. The Bertz CT molecular complexity index is 845. The summed E-state index contributed by atoms with van der Waals surface area (Å²) in [6.45, 7) is 2.26. The average molecular weight is 423 g/mol. The van der Waals surface area contributed by atoms with Crippen LogP contribution in [0.5, 0.6) is 5.75 Å². The molecule has 0 spiro atoms. The van der Waals surface area contributed by atoms with E-state index in [9.17, 15) is 9.59 Å². The maximum atomic E-state index is 12.6. The molecule has 1 fully saturated rings. The molecule has 0 saturated carbocycles. The van der Waals surface area contributed by atoms with Crippen LogP contribution in [0.3, 0.4) is 0 Å². The minimum absolute atomic E-state index is 0.195. The van der Waals surface area contributed by atoms with Gasteiger partial charge < -0.3 is 14.5 Å². The second kappa shape index (κ2) is 11.5. The number of piperidine rings is 1. The highest BCUT2D eigenvalue weighted by atomic mass is 16.5. The lowest BCUT2D eigenvalue weighted by molar-refractivity contribution is -0.133. The van der Waals surface area contributed by atoms with Crippen LogP contribution in [0.1, 0.15) is 43.2 Å². The number of aryl methyl sites for hydroxylation is 1. The molecule has 0 bridgehead atoms. The largest absolute Gasteiger partial charge is 0.497 e. The highest BCUT2D eigenvalue weighted by Crippen LogP contribution is 2.23. The predicted molar refractivity (Wildman–Crippen MR) is 123 cm³/mol. The molecule has 0 aliphatic carbocycles. The van der Waals surface area contributed by atoms with Gasteiger partial charge in [0.25, 0.3) is 0 Å². The number of benzene rings is 2. The van der Waals surface area contributed by atoms with Crippen LogP contribution in [0.15, 0.2) is 54.6 Å². The van der Waals surface area contributed by atoms with Crippen molar-refractivity contribution in [3.8, 4) is 5.75 Å². The maximum Gasteiger partial charge on any atom is 0.222 e. The van der Waals surface area contributed by atoms with Gasteiger partial charge in [-0.3, -0.25) is 9.59 Å². The number of hydrogen-bond donors (Lipinski definition) is 0. The van der Waals surface area contributed by atoms with Crippen molar-refractivity contribution in [2.75, 3.05) is 27.2 Å². The number of amides is 2. The van der Waals surface area contributed by atoms with Crippen LogP contribution in [-0.4, -0.2) is 48.9 Å². The number of likely N-dealkylation sites (tertiary alicyclic amines) is 1. The second-order valence-electron chi connectivity index (χ2n) is 8.45. The lowest BCUT2D eigenvalue weighted by Crippen LogP contribution is -2.38. The van der Waals surface area contributed by atoms with E-state index in [1.54, 1.807) is 7.11 Å². The molecular formula is C26H34N2O3. The van der Waals surface area contributed by atoms with Gasteiger partial charge in [0.15, 0.2) is 0 Å². The van der Waals surface area contributed by atoms with Crippen LogP contribution in [0.25, 0.3) is 0 Å². The summed E-state index contributed by atoms with van der Waals surface area (Å²) in [5.41, 5.74) is 2.28. The molecule has 1 aliphatic rings. The van der Waals surface area contributed by atoms with E-state index in [0.29, 0.717) is 25.3 Å². The summed E-state index contributed by atoms with van der Waals surface area (Å²) in [6, 6.07) is 18.0. The molecule has 3 rings (SSSR count). The van der Waals surface area contributed by atoms with E-state index in [1.807, 2.05) is 71.4 Å². The Kier molecular flexibility index (Phi) is 8.51. The number of ether oxygens (including phenoxy) is 1. The van der Waals surface area contributed by atoms with Crippen molar-refractivity contribution < 1.29 is 14.3 Å². The smallest absolute Gasteiger partial charge is 0.222 e. The fraction of sp³-hybridized carbons (Fsp3) is 0.462. The molecule has 5 nitrogen and oxygen atoms in total. The third-order valence-corrected chi connectivity index (χ3v) is 6.18. The van der Waals surface area contributed by atoms with Crippen molar-refractivity contribution in [2.45, 2.75) is 45.1 Å². The van der Waals surface area contributed by atoms with Crippen molar-refractivity contribution in [1.29, 1.82) is 0 Å². The van der Waals surface area contributed by atoms with Gasteiger partial charge in [0.05, 0.1) is 7.11 Å². The molecule has 0 radical (unpaired) electrons. The number of carbonyl (C=O) groups excluding carboxylic acids is 2. The summed E-state index contributed by atoms with van der Waals surface area (Å²) in [7, 11) is 3.53. The molecule has 2 aromatic carbocycles. The monoisotopic (exact) mass is 422 g/mol. The van der Waals surface area contributed by atoms with E-state index < -0.39 is 0 Å². The van der Waals surface area contributed by atoms with Crippen molar-refractivity contribution in [3.63, 3.8) is 0 Å². The van der Waals surface area contributed by atoms with Gasteiger partial charge in [-0.15, -0.1) is 0 Å². The van der Waals surface area contributed by atoms with E-state index in [2.05, 4.69) is 0 Å². The molecular weight excluding hydrogens is 388 g/mol. The van der Waals surface area contributed by atoms with Gasteiger partial charge in [-0.1, -0.05) is 42.5 Å². The first-order valence-electron chi connectivity index (χ1n) is 11.2. The Morgan fingerprint density at radius 2 is 1.71 bits per heavy atom. The molecule has 31 heavy (non-hydrogen) atoms. The van der Waals surface area contributed by atoms with Gasteiger partial charge in [0.1, 0.15) is 5.75 Å². The molecule has 0 unspecified atom stereocenters. The Morgan fingerprint density at radius 3 is 2.42 bits per heavy atom. The van der Waals surface area contributed by atoms with E-state index in [-0.39, 0.29) is 11.8 Å². The zero-order chi connectivity index (χ0) is 22.1. The number of carbonyl (C=O) groups is 2. The molecule has 0 N–H and O–H groups in total. The number of nitrogens with zero attached hydrogens (tertiary/aromatic N) is 2. The van der Waals surface area contributed by atoms with Gasteiger partial charge in [0, 0.05) is 39.5 Å². The third-order valence-electron chi connectivity index (χ3n) is 6.18. The lowest BCUT2D eigenvalue weighted by atomic mass is 9.91. The minimum Gasteiger partial charge on any atom is -0.497 e. The van der Waals surface area contributed by atoms with E-state index in [4.69, 9.17) is 4.74 Å². The van der Waals surface area contributed by atoms with Crippen molar-refractivity contribution >= 4 is 11.8 Å². The lowest BCUT2D eigenvalue weighted by Gasteiger charge is -2.32. The van der Waals surface area contributed by atoms with Crippen LogP contribution in [0, 0.1) is 5.92 Å². The Labute approximate surface area is 186 Å². The van der Waals surface area contributed by atoms with Gasteiger partial charge in [-0.2, -0.15) is 0 Å². The van der Waals surface area contributed by atoms with Gasteiger partial charge in [0.2, 0.25) is 11.8 Å². The highest BCUT2D eigenvalue weighted by molar-refractivity contribution is 5.77. The molecule has 1 aliphatic heterocycles. The summed E-state index contributed by atoms with van der Waals surface area (Å²) in [4.78, 5) is 28.9. The van der Waals surface area contributed by atoms with Crippen LogP contribution >= 0.6 is 0 Å². The van der Waals surface area contributed by atoms with Crippen LogP contribution in [-0.2, 0) is 22.6 Å². The summed E-state index contributed by atoms with van der Waals surface area (Å²) >= 11 is 0. The molecule has 2 aromatic rings. The van der Waals surface area contributed by atoms with E-state index in [0.717, 1.165) is 55.6 Å². The summed E-state index contributed by atoms with van der Waals surface area (Å²) in [5.74, 6) is 1.77. The zero-order valence-electron chi connectivity index (χ0n) is 18.8. The molecule has 0 atom stereocenters. The summed E-state index contributed by atoms with van der Waals surface area (Å²) < 4.78 is 5.25. The van der Waals surface area contributed by atoms with Crippen molar-refractivity contribution in [3.05, 3.63) is 65.7 Å². The SMILES string of the molecule is COc1cccc(CCC(=O)N2CCC(CCC(=O)N(C)Cc3ccccc3)CC2)c1. The number of rotatable bonds is 9. The maximum absolute atomic E-state index is 12.6. The van der Waals surface area contributed by atoms with E-state index >= 15 is 0 Å². The van der Waals surface area contributed by atoms with Gasteiger partial charge in [-0.25, -0.2) is 0 Å². The van der Waals surface area contributed by atoms with Crippen LogP contribution < -0.4 is 4.74 Å². The fourth-order valence-electron chi connectivity index (χ4n) is 4.17. The summed E-state index contributed by atoms with van der Waals surface area (Å²) in [6.07, 6.45) is 4.72. The third kappa shape index (κ3) is 7.12. The Hall–Kier alpha value is -2.82. The summed E-state index contributed by atoms with van der Waals surface area (Å²) in [5, 5.41) is 0. The Morgan fingerprint density at radius 1 is 1.00 bits per heavy atom. The van der Waals surface area contributed by atoms with Crippen LogP contribution in [0.4, 0.5) is 0 Å². The van der Waals surface area contributed by atoms with Gasteiger partial charge >= 0.3 is 0 Å². The molecule has 1 saturated heterocycles. The zero-order valence-corrected chi connectivity index (χ0v) is 18.8. The van der Waals surface area contributed by atoms with E-state index in [1.165, 1.54) is 0 Å². The normalized spacial score (nSPS) is 14.3. The first-order chi connectivity index (χ1) is 15.0. The predicted octanol–water partition coefficient (Wildman–Crippen LogP) is 4.31. The quantitative estimate of drug-likeness (QED) is 0.605. The number of hydrogen-bond acceptors (Lipinski definition) is 3. The first-order valence-corrected chi connectivity index (χ1v) is 11.2. The topological polar surface area (TPSA) is 49.9 Å². The molecule has 0 aromatic heterocycles. The first kappa shape index (κ1) is 22.9. The minimum atomic E-state index is 0.195. The molecule has 166 valence electrons. The van der Waals surface area contributed by atoms with Gasteiger partial charge in [-0.05, 0) is 54.9 Å². The highest BCUT2D eigenvalue weighted by Gasteiger charge is 2.23. The average Bonchev–Trinajstić information content (AvgIpc) is 2.82. The van der Waals surface area contributed by atoms with Crippen molar-refractivity contribution in [2.24, 2.45) is 5.92 Å². The Balaban J connectivity index is 1.35. The number of methoxy groups -OCH3 is 1. The fourth-order valence-corrected chi connectivity index (χ4v) is 4.17. The van der Waals surface area contributed by atoms with Crippen molar-refractivity contribution in [1.82, 2.24) is 9.80 Å². The second-order valence-corrected chi connectivity index (χ2v) is 8.45.